The molecule has 5 heteroatoms. The van der Waals surface area contributed by atoms with Gasteiger partial charge in [0.2, 0.25) is 5.91 Å². The van der Waals surface area contributed by atoms with Crippen LogP contribution in [0.25, 0.3) is 0 Å². The van der Waals surface area contributed by atoms with Gasteiger partial charge in [-0.15, -0.1) is 0 Å². The van der Waals surface area contributed by atoms with E-state index in [2.05, 4.69) is 10.6 Å². The summed E-state index contributed by atoms with van der Waals surface area (Å²) < 4.78 is 5.03. The molecule has 1 amide bonds. The molecule has 0 aliphatic carbocycles. The fraction of sp³-hybridized carbons (Fsp3) is 0.800. The van der Waals surface area contributed by atoms with Crippen LogP contribution in [0.4, 0.5) is 0 Å². The number of piperidine rings is 1. The van der Waals surface area contributed by atoms with Crippen molar-refractivity contribution in [2.45, 2.75) is 13.3 Å². The third-order valence-corrected chi connectivity index (χ3v) is 3.28. The van der Waals surface area contributed by atoms with Crippen molar-refractivity contribution in [2.75, 3.05) is 26.2 Å². The number of amides is 1. The Labute approximate surface area is 88.5 Å². The minimum absolute atomic E-state index is 0.0389. The molecule has 15 heavy (non-hydrogen) atoms. The lowest BCUT2D eigenvalue weighted by molar-refractivity contribution is -0.158. The number of nitrogens with one attached hydrogen (secondary N) is 2. The Kier molecular flexibility index (Phi) is 2.65. The zero-order valence-electron chi connectivity index (χ0n) is 8.84. The van der Waals surface area contributed by atoms with Crippen LogP contribution in [-0.4, -0.2) is 38.1 Å². The van der Waals surface area contributed by atoms with E-state index in [0.29, 0.717) is 19.6 Å². The molecule has 2 heterocycles. The molecule has 84 valence electrons. The molecule has 2 saturated heterocycles. The first kappa shape index (κ1) is 10.4. The van der Waals surface area contributed by atoms with Crippen molar-refractivity contribution in [2.24, 2.45) is 11.3 Å². The molecule has 0 radical (unpaired) electrons. The summed E-state index contributed by atoms with van der Waals surface area (Å²) in [5.41, 5.74) is -0.186. The fourth-order valence-corrected chi connectivity index (χ4v) is 2.33. The molecule has 2 aliphatic heterocycles. The van der Waals surface area contributed by atoms with E-state index < -0.39 is 0 Å². The van der Waals surface area contributed by atoms with Crippen LogP contribution in [0.5, 0.6) is 0 Å². The predicted octanol–water partition coefficient (Wildman–Crippen LogP) is -0.725. The van der Waals surface area contributed by atoms with Gasteiger partial charge in [0.05, 0.1) is 12.5 Å². The number of ether oxygens (including phenoxy) is 1. The minimum Gasteiger partial charge on any atom is -0.466 e. The molecule has 5 nitrogen and oxygen atoms in total. The number of hydrogen-bond donors (Lipinski definition) is 2. The van der Waals surface area contributed by atoms with Gasteiger partial charge in [-0.2, -0.15) is 0 Å². The number of carbonyl (C=O) groups excluding carboxylic acids is 2. The van der Waals surface area contributed by atoms with E-state index in [0.717, 1.165) is 13.1 Å². The summed E-state index contributed by atoms with van der Waals surface area (Å²) in [7, 11) is 0. The van der Waals surface area contributed by atoms with Gasteiger partial charge in [0.1, 0.15) is 0 Å². The molecule has 0 aromatic carbocycles. The second-order valence-corrected chi connectivity index (χ2v) is 4.25. The summed E-state index contributed by atoms with van der Waals surface area (Å²) in [4.78, 5) is 23.0. The van der Waals surface area contributed by atoms with Crippen LogP contribution in [0.2, 0.25) is 0 Å². The van der Waals surface area contributed by atoms with Crippen molar-refractivity contribution < 1.29 is 14.3 Å². The zero-order valence-corrected chi connectivity index (χ0v) is 8.84. The van der Waals surface area contributed by atoms with E-state index in [1.54, 1.807) is 6.92 Å². The van der Waals surface area contributed by atoms with Gasteiger partial charge >= 0.3 is 5.97 Å². The predicted molar refractivity (Wildman–Crippen MR) is 53.1 cm³/mol. The normalized spacial score (nSPS) is 28.1. The Morgan fingerprint density at radius 2 is 2.33 bits per heavy atom. The smallest absolute Gasteiger partial charge is 0.311 e. The van der Waals surface area contributed by atoms with Gasteiger partial charge in [0.15, 0.2) is 0 Å². The van der Waals surface area contributed by atoms with Crippen molar-refractivity contribution in [1.82, 2.24) is 10.6 Å². The van der Waals surface area contributed by atoms with E-state index in [4.69, 9.17) is 4.74 Å². The molecule has 2 fully saturated rings. The minimum atomic E-state index is -0.186. The number of carbonyl (C=O) groups is 2. The van der Waals surface area contributed by atoms with Crippen molar-refractivity contribution in [3.63, 3.8) is 0 Å². The maximum Gasteiger partial charge on any atom is 0.311 e. The van der Waals surface area contributed by atoms with Crippen molar-refractivity contribution in [3.8, 4) is 0 Å². The van der Waals surface area contributed by atoms with E-state index >= 15 is 0 Å². The Morgan fingerprint density at radius 1 is 1.60 bits per heavy atom. The van der Waals surface area contributed by atoms with Gasteiger partial charge in [-0.3, -0.25) is 9.59 Å². The molecule has 0 saturated carbocycles. The van der Waals surface area contributed by atoms with Gasteiger partial charge < -0.3 is 15.4 Å². The standard InChI is InChI=1S/C10H16N2O3/c1-2-15-9(14)7-4-12-8(13)3-10(7)5-11-6-10/h7,11H,2-6H2,1H3,(H,12,13). The zero-order chi connectivity index (χ0) is 10.9. The van der Waals surface area contributed by atoms with Gasteiger partial charge in [-0.05, 0) is 6.92 Å². The van der Waals surface area contributed by atoms with Gasteiger partial charge in [0, 0.05) is 31.5 Å². The van der Waals surface area contributed by atoms with E-state index in [1.807, 2.05) is 0 Å². The van der Waals surface area contributed by atoms with Crippen molar-refractivity contribution in [3.05, 3.63) is 0 Å². The molecule has 2 aliphatic rings. The molecular weight excluding hydrogens is 196 g/mol. The molecule has 0 bridgehead atoms. The fourth-order valence-electron chi connectivity index (χ4n) is 2.33. The van der Waals surface area contributed by atoms with Crippen LogP contribution < -0.4 is 10.6 Å². The SMILES string of the molecule is CCOC(=O)C1CNC(=O)CC12CNC2. The van der Waals surface area contributed by atoms with Crippen LogP contribution in [0, 0.1) is 11.3 Å². The second kappa shape index (κ2) is 3.81. The van der Waals surface area contributed by atoms with Crippen LogP contribution in [0.1, 0.15) is 13.3 Å². The Morgan fingerprint density at radius 3 is 2.87 bits per heavy atom. The lowest BCUT2D eigenvalue weighted by Crippen LogP contribution is -2.65. The number of esters is 1. The highest BCUT2D eigenvalue weighted by Crippen LogP contribution is 2.38. The third-order valence-electron chi connectivity index (χ3n) is 3.28. The molecule has 0 aromatic rings. The maximum atomic E-state index is 11.7. The Bertz CT molecular complexity index is 286. The van der Waals surface area contributed by atoms with Gasteiger partial charge in [-0.25, -0.2) is 0 Å². The average Bonchev–Trinajstić information content (AvgIpc) is 2.15. The van der Waals surface area contributed by atoms with Crippen LogP contribution in [0.3, 0.4) is 0 Å². The Hall–Kier alpha value is -1.10. The molecular formula is C10H16N2O3. The highest BCUT2D eigenvalue weighted by molar-refractivity contribution is 5.83. The first-order chi connectivity index (χ1) is 7.18. The van der Waals surface area contributed by atoms with Gasteiger partial charge in [-0.1, -0.05) is 0 Å². The summed E-state index contributed by atoms with van der Waals surface area (Å²) in [6.45, 7) is 4.09. The van der Waals surface area contributed by atoms with Crippen molar-refractivity contribution in [1.29, 1.82) is 0 Å². The van der Waals surface area contributed by atoms with Crippen LogP contribution >= 0.6 is 0 Å². The molecule has 0 aromatic heterocycles. The van der Waals surface area contributed by atoms with E-state index in [9.17, 15) is 9.59 Å². The van der Waals surface area contributed by atoms with Gasteiger partial charge in [0.25, 0.3) is 0 Å². The van der Waals surface area contributed by atoms with E-state index in [1.165, 1.54) is 0 Å². The molecule has 1 unspecified atom stereocenters. The molecule has 1 atom stereocenters. The first-order valence-corrected chi connectivity index (χ1v) is 5.32. The lowest BCUT2D eigenvalue weighted by Gasteiger charge is -2.49. The highest BCUT2D eigenvalue weighted by atomic mass is 16.5. The summed E-state index contributed by atoms with van der Waals surface area (Å²) in [5.74, 6) is -0.326. The summed E-state index contributed by atoms with van der Waals surface area (Å²) in [6, 6.07) is 0. The molecule has 2 N–H and O–H groups in total. The highest BCUT2D eigenvalue weighted by Gasteiger charge is 2.51. The third kappa shape index (κ3) is 1.71. The Balaban J connectivity index is 2.09. The first-order valence-electron chi connectivity index (χ1n) is 5.32. The summed E-state index contributed by atoms with van der Waals surface area (Å²) in [6.07, 6.45) is 0.434. The monoisotopic (exact) mass is 212 g/mol. The van der Waals surface area contributed by atoms with E-state index in [-0.39, 0.29) is 23.2 Å². The lowest BCUT2D eigenvalue weighted by atomic mass is 9.66. The van der Waals surface area contributed by atoms with Crippen LogP contribution in [0.15, 0.2) is 0 Å². The molecule has 1 spiro atoms. The van der Waals surface area contributed by atoms with Crippen molar-refractivity contribution >= 4 is 11.9 Å². The largest absolute Gasteiger partial charge is 0.466 e. The topological polar surface area (TPSA) is 67.4 Å². The maximum absolute atomic E-state index is 11.7. The number of hydrogen-bond acceptors (Lipinski definition) is 4. The molecule has 2 rings (SSSR count). The number of rotatable bonds is 2. The summed E-state index contributed by atoms with van der Waals surface area (Å²) in [5, 5.41) is 5.86. The van der Waals surface area contributed by atoms with Crippen LogP contribution in [-0.2, 0) is 14.3 Å². The second-order valence-electron chi connectivity index (χ2n) is 4.25. The average molecular weight is 212 g/mol. The quantitative estimate of drug-likeness (QED) is 0.592. The summed E-state index contributed by atoms with van der Waals surface area (Å²) >= 11 is 0.